The molecular formula is C11H12N2O3. The first-order valence-electron chi connectivity index (χ1n) is 4.65. The molecular weight excluding hydrogens is 208 g/mol. The summed E-state index contributed by atoms with van der Waals surface area (Å²) in [5.74, 6) is -0.469. The van der Waals surface area contributed by atoms with Crippen LogP contribution in [0.25, 0.3) is 0 Å². The summed E-state index contributed by atoms with van der Waals surface area (Å²) in [6.07, 6.45) is -0.620. The molecule has 0 saturated heterocycles. The zero-order chi connectivity index (χ0) is 12.1. The SMILES string of the molecule is CO[C@@H](C)C(=O)Nc1cc(C#N)ccc1O. The van der Waals surface area contributed by atoms with Gasteiger partial charge in [-0.25, -0.2) is 0 Å². The lowest BCUT2D eigenvalue weighted by atomic mass is 10.2. The lowest BCUT2D eigenvalue weighted by Crippen LogP contribution is -2.26. The number of hydrogen-bond acceptors (Lipinski definition) is 4. The Bertz CT molecular complexity index is 437. The van der Waals surface area contributed by atoms with Crippen LogP contribution in [0.15, 0.2) is 18.2 Å². The molecule has 16 heavy (non-hydrogen) atoms. The smallest absolute Gasteiger partial charge is 0.253 e. The minimum atomic E-state index is -0.620. The molecule has 0 spiro atoms. The van der Waals surface area contributed by atoms with Crippen LogP contribution in [0.5, 0.6) is 5.75 Å². The molecule has 1 amide bonds. The van der Waals surface area contributed by atoms with Gasteiger partial charge in [-0.1, -0.05) is 0 Å². The minimum absolute atomic E-state index is 0.0874. The van der Waals surface area contributed by atoms with Gasteiger partial charge in [0.25, 0.3) is 5.91 Å². The van der Waals surface area contributed by atoms with Gasteiger partial charge in [-0.2, -0.15) is 5.26 Å². The quantitative estimate of drug-likeness (QED) is 0.751. The van der Waals surface area contributed by atoms with Crippen molar-refractivity contribution in [2.24, 2.45) is 0 Å². The van der Waals surface area contributed by atoms with Crippen molar-refractivity contribution in [3.8, 4) is 11.8 Å². The Kier molecular flexibility index (Phi) is 3.86. The molecule has 0 bridgehead atoms. The monoisotopic (exact) mass is 220 g/mol. The molecule has 0 saturated carbocycles. The van der Waals surface area contributed by atoms with Crippen molar-refractivity contribution in [2.75, 3.05) is 12.4 Å². The molecule has 1 aromatic rings. The molecule has 0 unspecified atom stereocenters. The summed E-state index contributed by atoms with van der Waals surface area (Å²) in [5, 5.41) is 20.6. The first kappa shape index (κ1) is 12.0. The number of rotatable bonds is 3. The summed E-state index contributed by atoms with van der Waals surface area (Å²) in [6, 6.07) is 6.13. The molecule has 5 nitrogen and oxygen atoms in total. The van der Waals surface area contributed by atoms with Gasteiger partial charge in [0, 0.05) is 7.11 Å². The van der Waals surface area contributed by atoms with Gasteiger partial charge in [-0.15, -0.1) is 0 Å². The number of nitrogens with one attached hydrogen (secondary N) is 1. The lowest BCUT2D eigenvalue weighted by molar-refractivity contribution is -0.124. The fourth-order valence-corrected chi connectivity index (χ4v) is 1.05. The van der Waals surface area contributed by atoms with Crippen molar-refractivity contribution >= 4 is 11.6 Å². The molecule has 0 aliphatic rings. The first-order chi connectivity index (χ1) is 7.58. The number of anilines is 1. The van der Waals surface area contributed by atoms with Gasteiger partial charge < -0.3 is 15.2 Å². The second kappa shape index (κ2) is 5.14. The lowest BCUT2D eigenvalue weighted by Gasteiger charge is -2.11. The van der Waals surface area contributed by atoms with Gasteiger partial charge >= 0.3 is 0 Å². The number of amides is 1. The van der Waals surface area contributed by atoms with Crippen molar-refractivity contribution in [3.05, 3.63) is 23.8 Å². The molecule has 0 aliphatic heterocycles. The minimum Gasteiger partial charge on any atom is -0.506 e. The molecule has 5 heteroatoms. The van der Waals surface area contributed by atoms with Gasteiger partial charge in [0.2, 0.25) is 0 Å². The van der Waals surface area contributed by atoms with Crippen LogP contribution in [-0.2, 0) is 9.53 Å². The number of methoxy groups -OCH3 is 1. The van der Waals surface area contributed by atoms with E-state index < -0.39 is 6.10 Å². The summed E-state index contributed by atoms with van der Waals surface area (Å²) < 4.78 is 4.82. The Hall–Kier alpha value is -2.06. The third-order valence-corrected chi connectivity index (χ3v) is 2.11. The van der Waals surface area contributed by atoms with Crippen LogP contribution < -0.4 is 5.32 Å². The molecule has 1 rings (SSSR count). The zero-order valence-electron chi connectivity index (χ0n) is 9.02. The van der Waals surface area contributed by atoms with Gasteiger partial charge in [-0.05, 0) is 25.1 Å². The number of nitriles is 1. The Morgan fingerprint density at radius 2 is 2.31 bits per heavy atom. The van der Waals surface area contributed by atoms with Gasteiger partial charge in [0.05, 0.1) is 17.3 Å². The second-order valence-electron chi connectivity index (χ2n) is 3.21. The maximum Gasteiger partial charge on any atom is 0.253 e. The van der Waals surface area contributed by atoms with Crippen LogP contribution >= 0.6 is 0 Å². The van der Waals surface area contributed by atoms with Crippen LogP contribution in [0.2, 0.25) is 0 Å². The van der Waals surface area contributed by atoms with E-state index in [0.29, 0.717) is 5.56 Å². The van der Waals surface area contributed by atoms with Gasteiger partial charge in [-0.3, -0.25) is 4.79 Å². The van der Waals surface area contributed by atoms with Crippen molar-refractivity contribution in [3.63, 3.8) is 0 Å². The van der Waals surface area contributed by atoms with E-state index >= 15 is 0 Å². The molecule has 0 radical (unpaired) electrons. The zero-order valence-corrected chi connectivity index (χ0v) is 9.02. The normalized spacial score (nSPS) is 11.6. The van der Waals surface area contributed by atoms with E-state index in [0.717, 1.165) is 0 Å². The maximum absolute atomic E-state index is 11.5. The maximum atomic E-state index is 11.5. The van der Waals surface area contributed by atoms with E-state index in [-0.39, 0.29) is 17.3 Å². The number of benzene rings is 1. The van der Waals surface area contributed by atoms with E-state index in [4.69, 9.17) is 10.00 Å². The summed E-state index contributed by atoms with van der Waals surface area (Å²) in [6.45, 7) is 1.58. The molecule has 1 atom stereocenters. The van der Waals surface area contributed by atoms with E-state index in [1.165, 1.54) is 25.3 Å². The molecule has 0 aromatic heterocycles. The number of carbonyl (C=O) groups excluding carboxylic acids is 1. The first-order valence-corrected chi connectivity index (χ1v) is 4.65. The number of hydrogen-bond donors (Lipinski definition) is 2. The Morgan fingerprint density at radius 1 is 1.62 bits per heavy atom. The number of nitrogens with zero attached hydrogens (tertiary/aromatic N) is 1. The highest BCUT2D eigenvalue weighted by molar-refractivity contribution is 5.95. The number of carbonyl (C=O) groups is 1. The average Bonchev–Trinajstić information content (AvgIpc) is 2.30. The third-order valence-electron chi connectivity index (χ3n) is 2.11. The number of ether oxygens (including phenoxy) is 1. The van der Waals surface area contributed by atoms with Crippen LogP contribution in [0.4, 0.5) is 5.69 Å². The van der Waals surface area contributed by atoms with Crippen LogP contribution in [0.3, 0.4) is 0 Å². The highest BCUT2D eigenvalue weighted by Gasteiger charge is 2.13. The van der Waals surface area contributed by atoms with Crippen LogP contribution in [0.1, 0.15) is 12.5 Å². The standard InChI is InChI=1S/C11H12N2O3/c1-7(16-2)11(15)13-9-5-8(6-12)3-4-10(9)14/h3-5,7,14H,1-2H3,(H,13,15)/t7-/m0/s1. The van der Waals surface area contributed by atoms with E-state index in [9.17, 15) is 9.90 Å². The number of phenolic OH excluding ortho intramolecular Hbond substituents is 1. The summed E-state index contributed by atoms with van der Waals surface area (Å²) >= 11 is 0. The fraction of sp³-hybridized carbons (Fsp3) is 0.273. The predicted molar refractivity (Wildman–Crippen MR) is 57.9 cm³/mol. The number of aromatic hydroxyl groups is 1. The molecule has 0 fully saturated rings. The Balaban J connectivity index is 2.89. The predicted octanol–water partition coefficient (Wildman–Crippen LogP) is 1.24. The Labute approximate surface area is 93.3 Å². The summed E-state index contributed by atoms with van der Waals surface area (Å²) in [7, 11) is 1.41. The van der Waals surface area contributed by atoms with E-state index in [1.807, 2.05) is 6.07 Å². The van der Waals surface area contributed by atoms with E-state index in [2.05, 4.69) is 5.32 Å². The highest BCUT2D eigenvalue weighted by atomic mass is 16.5. The van der Waals surface area contributed by atoms with Crippen molar-refractivity contribution in [2.45, 2.75) is 13.0 Å². The topological polar surface area (TPSA) is 82.3 Å². The highest BCUT2D eigenvalue weighted by Crippen LogP contribution is 2.24. The van der Waals surface area contributed by atoms with Crippen molar-refractivity contribution < 1.29 is 14.6 Å². The molecule has 0 heterocycles. The summed E-state index contributed by atoms with van der Waals surface area (Å²) in [5.41, 5.74) is 0.561. The second-order valence-corrected chi connectivity index (χ2v) is 3.21. The largest absolute Gasteiger partial charge is 0.506 e. The van der Waals surface area contributed by atoms with Crippen LogP contribution in [-0.4, -0.2) is 24.2 Å². The number of phenols is 1. The summed E-state index contributed by atoms with van der Waals surface area (Å²) in [4.78, 5) is 11.5. The third kappa shape index (κ3) is 2.72. The van der Waals surface area contributed by atoms with Crippen molar-refractivity contribution in [1.82, 2.24) is 0 Å². The average molecular weight is 220 g/mol. The molecule has 84 valence electrons. The van der Waals surface area contributed by atoms with E-state index in [1.54, 1.807) is 6.92 Å². The van der Waals surface area contributed by atoms with Gasteiger partial charge in [0.1, 0.15) is 11.9 Å². The molecule has 2 N–H and O–H groups in total. The Morgan fingerprint density at radius 3 is 2.88 bits per heavy atom. The molecule has 0 aliphatic carbocycles. The van der Waals surface area contributed by atoms with Crippen molar-refractivity contribution in [1.29, 1.82) is 5.26 Å². The van der Waals surface area contributed by atoms with Gasteiger partial charge in [0.15, 0.2) is 0 Å². The molecule has 1 aromatic carbocycles. The fourth-order valence-electron chi connectivity index (χ4n) is 1.05. The van der Waals surface area contributed by atoms with Crippen LogP contribution in [0, 0.1) is 11.3 Å².